The number of aromatic amines is 1. The number of thioether (sulfide) groups is 1. The first-order chi connectivity index (χ1) is 16.6. The van der Waals surface area contributed by atoms with E-state index in [-0.39, 0.29) is 12.5 Å². The molecule has 1 amide bonds. The highest BCUT2D eigenvalue weighted by Crippen LogP contribution is 2.30. The Morgan fingerprint density at radius 2 is 2.00 bits per heavy atom. The molecule has 0 fully saturated rings. The third-order valence-electron chi connectivity index (χ3n) is 4.98. The molecule has 0 aliphatic rings. The van der Waals surface area contributed by atoms with Gasteiger partial charge in [0.05, 0.1) is 23.7 Å². The first kappa shape index (κ1) is 23.0. The van der Waals surface area contributed by atoms with Gasteiger partial charge in [-0.2, -0.15) is 5.26 Å². The van der Waals surface area contributed by atoms with E-state index in [1.54, 1.807) is 36.0 Å². The van der Waals surface area contributed by atoms with Gasteiger partial charge < -0.3 is 19.8 Å². The number of carbonyl (C=O) groups excluding carboxylic acids is 1. The normalized spacial score (nSPS) is 11.1. The molecule has 2 N–H and O–H groups in total. The van der Waals surface area contributed by atoms with Gasteiger partial charge in [-0.1, -0.05) is 24.3 Å². The maximum absolute atomic E-state index is 12.3. The number of fused-ring (bicyclic) bond motifs is 1. The lowest BCUT2D eigenvalue weighted by molar-refractivity contribution is -0.118. The van der Waals surface area contributed by atoms with Crippen molar-refractivity contribution in [3.63, 3.8) is 0 Å². The number of nitriles is 1. The highest BCUT2D eigenvalue weighted by Gasteiger charge is 2.11. The summed E-state index contributed by atoms with van der Waals surface area (Å²) >= 11 is 1.60. The Labute approximate surface area is 201 Å². The Bertz CT molecular complexity index is 1370. The van der Waals surface area contributed by atoms with Crippen LogP contribution in [0.5, 0.6) is 11.5 Å². The number of amides is 1. The van der Waals surface area contributed by atoms with E-state index in [0.29, 0.717) is 28.6 Å². The van der Waals surface area contributed by atoms with Crippen molar-refractivity contribution in [2.75, 3.05) is 25.3 Å². The molecule has 8 heteroatoms. The summed E-state index contributed by atoms with van der Waals surface area (Å²) in [6.45, 7) is -0.169. The highest BCUT2D eigenvalue weighted by atomic mass is 32.2. The summed E-state index contributed by atoms with van der Waals surface area (Å²) in [4.78, 5) is 21.0. The van der Waals surface area contributed by atoms with Crippen LogP contribution in [0.4, 0.5) is 5.69 Å². The van der Waals surface area contributed by atoms with Crippen molar-refractivity contribution in [3.8, 4) is 17.6 Å². The number of nitrogens with one attached hydrogen (secondary N) is 2. The molecule has 7 nitrogen and oxygen atoms in total. The second-order valence-electron chi connectivity index (χ2n) is 7.25. The Morgan fingerprint density at radius 1 is 1.15 bits per heavy atom. The van der Waals surface area contributed by atoms with Gasteiger partial charge in [0.2, 0.25) is 0 Å². The van der Waals surface area contributed by atoms with Crippen LogP contribution in [0.2, 0.25) is 0 Å². The van der Waals surface area contributed by atoms with Crippen LogP contribution in [0.1, 0.15) is 11.4 Å². The fourth-order valence-electron chi connectivity index (χ4n) is 3.34. The first-order valence-electron chi connectivity index (χ1n) is 10.4. The van der Waals surface area contributed by atoms with Crippen molar-refractivity contribution in [1.29, 1.82) is 5.26 Å². The maximum atomic E-state index is 12.3. The van der Waals surface area contributed by atoms with E-state index in [1.807, 2.05) is 54.8 Å². The number of hydrogen-bond donors (Lipinski definition) is 2. The number of allylic oxidation sites excluding steroid dienone is 1. The minimum atomic E-state index is -0.277. The SMILES string of the molecule is COc1cc(C=C(C#N)c2nc3ccccc3[nH]2)ccc1OCC(=O)Nc1cccc(SC)c1. The molecule has 4 aromatic rings. The van der Waals surface area contributed by atoms with Crippen LogP contribution in [0.15, 0.2) is 71.6 Å². The Kier molecular flexibility index (Phi) is 7.16. The summed E-state index contributed by atoms with van der Waals surface area (Å²) in [6.07, 6.45) is 3.70. The zero-order chi connectivity index (χ0) is 23.9. The van der Waals surface area contributed by atoms with Gasteiger partial charge in [0.15, 0.2) is 18.1 Å². The van der Waals surface area contributed by atoms with Crippen LogP contribution in [0.25, 0.3) is 22.7 Å². The molecule has 0 aliphatic heterocycles. The molecule has 0 saturated carbocycles. The lowest BCUT2D eigenvalue weighted by Crippen LogP contribution is -2.20. The summed E-state index contributed by atoms with van der Waals surface area (Å²) in [6, 6.07) is 22.6. The quantitative estimate of drug-likeness (QED) is 0.265. The summed E-state index contributed by atoms with van der Waals surface area (Å²) in [5.41, 5.74) is 3.48. The number of rotatable bonds is 8. The number of nitrogens with zero attached hydrogens (tertiary/aromatic N) is 2. The molecule has 0 radical (unpaired) electrons. The number of H-pyrrole nitrogens is 1. The third-order valence-corrected chi connectivity index (χ3v) is 5.70. The largest absolute Gasteiger partial charge is 0.493 e. The van der Waals surface area contributed by atoms with Crippen LogP contribution in [-0.2, 0) is 4.79 Å². The Hall–Kier alpha value is -4.22. The van der Waals surface area contributed by atoms with E-state index in [1.165, 1.54) is 7.11 Å². The number of methoxy groups -OCH3 is 1. The topological polar surface area (TPSA) is 100 Å². The molecule has 3 aromatic carbocycles. The van der Waals surface area contributed by atoms with Gasteiger partial charge in [-0.15, -0.1) is 11.8 Å². The van der Waals surface area contributed by atoms with Crippen LogP contribution in [0.3, 0.4) is 0 Å². The first-order valence-corrected chi connectivity index (χ1v) is 11.6. The number of carbonyl (C=O) groups is 1. The number of ether oxygens (including phenoxy) is 2. The fraction of sp³-hybridized carbons (Fsp3) is 0.115. The molecule has 0 saturated heterocycles. The molecule has 1 aromatic heterocycles. The van der Waals surface area contributed by atoms with Crippen molar-refractivity contribution in [2.45, 2.75) is 4.90 Å². The number of benzene rings is 3. The standard InChI is InChI=1S/C26H22N4O3S/c1-32-24-13-17(12-18(15-27)26-29-21-8-3-4-9-22(21)30-26)10-11-23(24)33-16-25(31)28-19-6-5-7-20(14-19)34-2/h3-14H,16H2,1-2H3,(H,28,31)(H,29,30). The average Bonchev–Trinajstić information content (AvgIpc) is 3.30. The van der Waals surface area contributed by atoms with Gasteiger partial charge >= 0.3 is 0 Å². The molecule has 0 atom stereocenters. The summed E-state index contributed by atoms with van der Waals surface area (Å²) in [5, 5.41) is 12.5. The second-order valence-corrected chi connectivity index (χ2v) is 8.13. The predicted octanol–water partition coefficient (Wildman–Crippen LogP) is 5.38. The van der Waals surface area contributed by atoms with Gasteiger partial charge in [-0.25, -0.2) is 4.98 Å². The van der Waals surface area contributed by atoms with E-state index >= 15 is 0 Å². The van der Waals surface area contributed by atoms with E-state index in [2.05, 4.69) is 21.4 Å². The number of para-hydroxylation sites is 2. The smallest absolute Gasteiger partial charge is 0.262 e. The van der Waals surface area contributed by atoms with Crippen molar-refractivity contribution in [3.05, 3.63) is 78.1 Å². The molecule has 0 spiro atoms. The molecule has 0 unspecified atom stereocenters. The van der Waals surface area contributed by atoms with E-state index < -0.39 is 0 Å². The number of anilines is 1. The molecule has 1 heterocycles. The zero-order valence-corrected chi connectivity index (χ0v) is 19.5. The number of aromatic nitrogens is 2. The van der Waals surface area contributed by atoms with Crippen LogP contribution in [0, 0.1) is 11.3 Å². The van der Waals surface area contributed by atoms with E-state index in [0.717, 1.165) is 21.5 Å². The monoisotopic (exact) mass is 470 g/mol. The molecule has 0 bridgehead atoms. The van der Waals surface area contributed by atoms with Crippen molar-refractivity contribution in [1.82, 2.24) is 9.97 Å². The summed E-state index contributed by atoms with van der Waals surface area (Å²) in [7, 11) is 1.52. The predicted molar refractivity (Wildman–Crippen MR) is 135 cm³/mol. The Balaban J connectivity index is 1.47. The molecule has 170 valence electrons. The van der Waals surface area contributed by atoms with E-state index in [4.69, 9.17) is 9.47 Å². The minimum absolute atomic E-state index is 0.169. The van der Waals surface area contributed by atoms with Gasteiger partial charge in [0, 0.05) is 10.6 Å². The lowest BCUT2D eigenvalue weighted by Gasteiger charge is -2.12. The van der Waals surface area contributed by atoms with Crippen LogP contribution >= 0.6 is 11.8 Å². The van der Waals surface area contributed by atoms with Gasteiger partial charge in [-0.3, -0.25) is 4.79 Å². The molecular weight excluding hydrogens is 448 g/mol. The number of hydrogen-bond acceptors (Lipinski definition) is 6. The maximum Gasteiger partial charge on any atom is 0.262 e. The van der Waals surface area contributed by atoms with Crippen molar-refractivity contribution in [2.24, 2.45) is 0 Å². The van der Waals surface area contributed by atoms with E-state index in [9.17, 15) is 10.1 Å². The number of imidazole rings is 1. The van der Waals surface area contributed by atoms with Gasteiger partial charge in [0.1, 0.15) is 11.9 Å². The zero-order valence-electron chi connectivity index (χ0n) is 18.7. The average molecular weight is 471 g/mol. The summed E-state index contributed by atoms with van der Waals surface area (Å²) in [5.74, 6) is 1.09. The molecular formula is C26H22N4O3S. The molecule has 0 aliphatic carbocycles. The van der Waals surface area contributed by atoms with Crippen LogP contribution < -0.4 is 14.8 Å². The Morgan fingerprint density at radius 3 is 2.76 bits per heavy atom. The van der Waals surface area contributed by atoms with Crippen molar-refractivity contribution < 1.29 is 14.3 Å². The lowest BCUT2D eigenvalue weighted by atomic mass is 10.1. The molecule has 4 rings (SSSR count). The second kappa shape index (κ2) is 10.6. The minimum Gasteiger partial charge on any atom is -0.493 e. The summed E-state index contributed by atoms with van der Waals surface area (Å²) < 4.78 is 11.1. The fourth-order valence-corrected chi connectivity index (χ4v) is 3.79. The van der Waals surface area contributed by atoms with Gasteiger partial charge in [-0.05, 0) is 60.4 Å². The highest BCUT2D eigenvalue weighted by molar-refractivity contribution is 7.98. The molecule has 34 heavy (non-hydrogen) atoms. The third kappa shape index (κ3) is 5.39. The van der Waals surface area contributed by atoms with Gasteiger partial charge in [0.25, 0.3) is 5.91 Å². The van der Waals surface area contributed by atoms with Crippen molar-refractivity contribution >= 4 is 46.0 Å². The van der Waals surface area contributed by atoms with Crippen LogP contribution in [-0.4, -0.2) is 35.8 Å².